The number of esters is 1. The van der Waals surface area contributed by atoms with Gasteiger partial charge in [0, 0.05) is 12.0 Å². The Balaban J connectivity index is 2.70. The van der Waals surface area contributed by atoms with Gasteiger partial charge < -0.3 is 24.1 Å². The van der Waals surface area contributed by atoms with Crippen LogP contribution >= 0.6 is 0 Å². The highest BCUT2D eigenvalue weighted by atomic mass is 32.2. The van der Waals surface area contributed by atoms with Gasteiger partial charge in [-0.25, -0.2) is 0 Å². The topological polar surface area (TPSA) is 91.3 Å². The van der Waals surface area contributed by atoms with E-state index in [0.717, 1.165) is 5.56 Å². The molecule has 0 fully saturated rings. The Hall–Kier alpha value is -1.32. The number of carbonyl (C=O) groups is 1. The van der Waals surface area contributed by atoms with E-state index in [9.17, 15) is 14.1 Å². The standard InChI is InChI=1S/C20H32O7S/c1-15-6-8-16(9-7-15)28(23)13-17(21)18(26-14-25-11-10-24-5)12-19(22)27-20(2,3)4/h6-9,17-18,21H,10-14H2,1-5H3/t17-,18-,28?/m0/s1. The molecule has 0 spiro atoms. The summed E-state index contributed by atoms with van der Waals surface area (Å²) in [5.41, 5.74) is 0.410. The number of ether oxygens (including phenoxy) is 4. The molecule has 1 aromatic carbocycles. The Labute approximate surface area is 169 Å². The normalized spacial score (nSPS) is 15.1. The molecule has 1 unspecified atom stereocenters. The Morgan fingerprint density at radius 3 is 2.39 bits per heavy atom. The Kier molecular flexibility index (Phi) is 10.8. The molecule has 0 saturated heterocycles. The molecule has 0 saturated carbocycles. The van der Waals surface area contributed by atoms with E-state index in [4.69, 9.17) is 18.9 Å². The second kappa shape index (κ2) is 12.3. The van der Waals surface area contributed by atoms with E-state index in [1.165, 1.54) is 0 Å². The monoisotopic (exact) mass is 416 g/mol. The zero-order valence-corrected chi connectivity index (χ0v) is 18.1. The average Bonchev–Trinajstić information content (AvgIpc) is 2.59. The van der Waals surface area contributed by atoms with E-state index in [-0.39, 0.29) is 19.0 Å². The van der Waals surface area contributed by atoms with Crippen molar-refractivity contribution in [2.45, 2.75) is 56.8 Å². The van der Waals surface area contributed by atoms with Crippen LogP contribution < -0.4 is 0 Å². The van der Waals surface area contributed by atoms with Gasteiger partial charge in [0.25, 0.3) is 0 Å². The predicted molar refractivity (Wildman–Crippen MR) is 106 cm³/mol. The molecule has 0 bridgehead atoms. The minimum atomic E-state index is -1.43. The van der Waals surface area contributed by atoms with Crippen LogP contribution in [0.15, 0.2) is 29.2 Å². The SMILES string of the molecule is COCCOCO[C@@H](CC(=O)OC(C)(C)C)[C@@H](O)CS(=O)c1ccc(C)cc1. The lowest BCUT2D eigenvalue weighted by atomic mass is 10.1. The van der Waals surface area contributed by atoms with Gasteiger partial charge in [-0.1, -0.05) is 17.7 Å². The second-order valence-electron chi connectivity index (χ2n) is 7.41. The molecule has 0 aliphatic carbocycles. The van der Waals surface area contributed by atoms with Crippen LogP contribution in [-0.4, -0.2) is 66.0 Å². The van der Waals surface area contributed by atoms with Crippen molar-refractivity contribution in [1.82, 2.24) is 0 Å². The van der Waals surface area contributed by atoms with E-state index >= 15 is 0 Å². The Morgan fingerprint density at radius 2 is 1.82 bits per heavy atom. The van der Waals surface area contributed by atoms with Gasteiger partial charge in [0.1, 0.15) is 12.4 Å². The Morgan fingerprint density at radius 1 is 1.18 bits per heavy atom. The molecular formula is C20H32O7S. The van der Waals surface area contributed by atoms with Gasteiger partial charge >= 0.3 is 5.97 Å². The maximum atomic E-state index is 12.5. The van der Waals surface area contributed by atoms with Crippen molar-refractivity contribution in [3.63, 3.8) is 0 Å². The van der Waals surface area contributed by atoms with Crippen molar-refractivity contribution in [1.29, 1.82) is 0 Å². The van der Waals surface area contributed by atoms with Gasteiger partial charge in [-0.05, 0) is 39.8 Å². The van der Waals surface area contributed by atoms with Crippen LogP contribution in [-0.2, 0) is 34.5 Å². The van der Waals surface area contributed by atoms with Crippen molar-refractivity contribution in [2.24, 2.45) is 0 Å². The third-order valence-corrected chi connectivity index (χ3v) is 5.06. The van der Waals surface area contributed by atoms with E-state index in [0.29, 0.717) is 18.1 Å². The summed E-state index contributed by atoms with van der Waals surface area (Å²) in [6.07, 6.45) is -2.19. The molecular weight excluding hydrogens is 384 g/mol. The summed E-state index contributed by atoms with van der Waals surface area (Å²) in [6.45, 7) is 7.83. The zero-order valence-electron chi connectivity index (χ0n) is 17.3. The molecule has 0 aliphatic heterocycles. The summed E-state index contributed by atoms with van der Waals surface area (Å²) < 4.78 is 33.5. The fourth-order valence-electron chi connectivity index (χ4n) is 2.24. The van der Waals surface area contributed by atoms with E-state index in [1.54, 1.807) is 40.0 Å². The Bertz CT molecular complexity index is 610. The third kappa shape index (κ3) is 10.3. The van der Waals surface area contributed by atoms with Crippen molar-refractivity contribution in [2.75, 3.05) is 32.9 Å². The third-order valence-electron chi connectivity index (χ3n) is 3.62. The van der Waals surface area contributed by atoms with Gasteiger partial charge in [0.2, 0.25) is 0 Å². The maximum Gasteiger partial charge on any atom is 0.309 e. The van der Waals surface area contributed by atoms with Crippen LogP contribution in [0.4, 0.5) is 0 Å². The highest BCUT2D eigenvalue weighted by Gasteiger charge is 2.28. The number of carbonyl (C=O) groups excluding carboxylic acids is 1. The molecule has 0 radical (unpaired) electrons. The number of methoxy groups -OCH3 is 1. The van der Waals surface area contributed by atoms with Gasteiger partial charge in [0.05, 0.1) is 48.4 Å². The minimum absolute atomic E-state index is 0.0609. The molecule has 0 aromatic heterocycles. The zero-order chi connectivity index (χ0) is 21.2. The highest BCUT2D eigenvalue weighted by molar-refractivity contribution is 7.85. The first kappa shape index (κ1) is 24.7. The number of hydrogen-bond donors (Lipinski definition) is 1. The number of rotatable bonds is 12. The molecule has 160 valence electrons. The van der Waals surface area contributed by atoms with Gasteiger partial charge in [-0.3, -0.25) is 9.00 Å². The summed E-state index contributed by atoms with van der Waals surface area (Å²) >= 11 is 0. The van der Waals surface area contributed by atoms with Crippen LogP contribution in [0.25, 0.3) is 0 Å². The van der Waals surface area contributed by atoms with Crippen molar-refractivity contribution in [3.05, 3.63) is 29.8 Å². The largest absolute Gasteiger partial charge is 0.460 e. The average molecular weight is 417 g/mol. The molecule has 8 heteroatoms. The van der Waals surface area contributed by atoms with Gasteiger partial charge in [-0.15, -0.1) is 0 Å². The minimum Gasteiger partial charge on any atom is -0.460 e. The molecule has 0 heterocycles. The lowest BCUT2D eigenvalue weighted by Crippen LogP contribution is -2.38. The van der Waals surface area contributed by atoms with E-state index < -0.39 is 34.6 Å². The fraction of sp³-hybridized carbons (Fsp3) is 0.650. The number of aliphatic hydroxyl groups is 1. The van der Waals surface area contributed by atoms with Crippen LogP contribution in [0.3, 0.4) is 0 Å². The smallest absolute Gasteiger partial charge is 0.309 e. The van der Waals surface area contributed by atoms with Crippen LogP contribution in [0.5, 0.6) is 0 Å². The second-order valence-corrected chi connectivity index (χ2v) is 8.90. The summed E-state index contributed by atoms with van der Waals surface area (Å²) in [4.78, 5) is 12.8. The van der Waals surface area contributed by atoms with Crippen molar-refractivity contribution in [3.8, 4) is 0 Å². The quantitative estimate of drug-likeness (QED) is 0.317. The lowest BCUT2D eigenvalue weighted by Gasteiger charge is -2.25. The van der Waals surface area contributed by atoms with Gasteiger partial charge in [-0.2, -0.15) is 0 Å². The molecule has 1 aromatic rings. The molecule has 1 N–H and O–H groups in total. The molecule has 28 heavy (non-hydrogen) atoms. The highest BCUT2D eigenvalue weighted by Crippen LogP contribution is 2.16. The van der Waals surface area contributed by atoms with Crippen LogP contribution in [0.1, 0.15) is 32.8 Å². The first-order chi connectivity index (χ1) is 13.1. The predicted octanol–water partition coefficient (Wildman–Crippen LogP) is 2.20. The van der Waals surface area contributed by atoms with Crippen LogP contribution in [0, 0.1) is 6.92 Å². The molecule has 1 rings (SSSR count). The summed E-state index contributed by atoms with van der Waals surface area (Å²) in [5, 5.41) is 10.5. The van der Waals surface area contributed by atoms with E-state index in [1.807, 2.05) is 19.1 Å². The van der Waals surface area contributed by atoms with Crippen molar-refractivity contribution < 1.29 is 33.1 Å². The first-order valence-electron chi connectivity index (χ1n) is 9.15. The molecule has 3 atom stereocenters. The van der Waals surface area contributed by atoms with E-state index in [2.05, 4.69) is 0 Å². The van der Waals surface area contributed by atoms with Crippen LogP contribution in [0.2, 0.25) is 0 Å². The summed E-state index contributed by atoms with van der Waals surface area (Å²) in [7, 11) is 0.126. The lowest BCUT2D eigenvalue weighted by molar-refractivity contribution is -0.167. The number of aliphatic hydroxyl groups excluding tert-OH is 1. The first-order valence-corrected chi connectivity index (χ1v) is 10.5. The number of benzene rings is 1. The fourth-order valence-corrected chi connectivity index (χ4v) is 3.40. The summed E-state index contributed by atoms with van der Waals surface area (Å²) in [6, 6.07) is 7.24. The maximum absolute atomic E-state index is 12.5. The number of hydrogen-bond acceptors (Lipinski definition) is 7. The molecule has 7 nitrogen and oxygen atoms in total. The molecule has 0 aliphatic rings. The summed E-state index contributed by atoms with van der Waals surface area (Å²) in [5.74, 6) is -0.566. The molecule has 0 amide bonds. The van der Waals surface area contributed by atoms with Gasteiger partial charge in [0.15, 0.2) is 0 Å². The van der Waals surface area contributed by atoms with Crippen molar-refractivity contribution >= 4 is 16.8 Å². The number of aryl methyl sites for hydroxylation is 1.